The van der Waals surface area contributed by atoms with Gasteiger partial charge in [-0.15, -0.1) is 0 Å². The summed E-state index contributed by atoms with van der Waals surface area (Å²) >= 11 is 0. The fraction of sp³-hybridized carbons (Fsp3) is 0.857. The first-order chi connectivity index (χ1) is 4.81. The number of nitrogens with zero attached hydrogens (tertiary/aromatic N) is 1. The molecule has 0 saturated heterocycles. The minimum absolute atomic E-state index is 0.0943. The van der Waals surface area contributed by atoms with Crippen LogP contribution in [0.4, 0.5) is 0 Å². The van der Waals surface area contributed by atoms with Crippen LogP contribution in [-0.2, 0) is 4.74 Å². The third-order valence-electron chi connectivity index (χ3n) is 1.15. The molecule has 0 radical (unpaired) electrons. The SMILES string of the molecule is COCCNCC(C)C#N. The van der Waals surface area contributed by atoms with Crippen LogP contribution < -0.4 is 5.32 Å². The van der Waals surface area contributed by atoms with E-state index in [1.807, 2.05) is 6.92 Å². The van der Waals surface area contributed by atoms with Crippen molar-refractivity contribution in [1.82, 2.24) is 5.32 Å². The fourth-order valence-electron chi connectivity index (χ4n) is 0.538. The summed E-state index contributed by atoms with van der Waals surface area (Å²) in [5, 5.41) is 11.5. The maximum absolute atomic E-state index is 8.37. The van der Waals surface area contributed by atoms with E-state index in [4.69, 9.17) is 10.00 Å². The molecule has 3 heteroatoms. The third-order valence-corrected chi connectivity index (χ3v) is 1.15. The maximum Gasteiger partial charge on any atom is 0.0666 e. The Balaban J connectivity index is 2.98. The van der Waals surface area contributed by atoms with Crippen LogP contribution in [0.2, 0.25) is 0 Å². The molecule has 0 heterocycles. The molecule has 1 N–H and O–H groups in total. The molecular formula is C7H14N2O. The maximum atomic E-state index is 8.37. The lowest BCUT2D eigenvalue weighted by molar-refractivity contribution is 0.199. The second-order valence-corrected chi connectivity index (χ2v) is 2.23. The lowest BCUT2D eigenvalue weighted by atomic mass is 10.2. The molecule has 0 aliphatic carbocycles. The van der Waals surface area contributed by atoms with Crippen molar-refractivity contribution in [3.8, 4) is 6.07 Å². The van der Waals surface area contributed by atoms with Crippen LogP contribution >= 0.6 is 0 Å². The minimum atomic E-state index is 0.0943. The third kappa shape index (κ3) is 5.54. The van der Waals surface area contributed by atoms with Crippen LogP contribution in [0.3, 0.4) is 0 Å². The molecule has 1 atom stereocenters. The van der Waals surface area contributed by atoms with Gasteiger partial charge in [0.25, 0.3) is 0 Å². The van der Waals surface area contributed by atoms with E-state index in [9.17, 15) is 0 Å². The summed E-state index contributed by atoms with van der Waals surface area (Å²) < 4.78 is 4.81. The van der Waals surface area contributed by atoms with E-state index in [0.717, 1.165) is 13.1 Å². The molecule has 0 aromatic heterocycles. The molecule has 0 aliphatic rings. The predicted molar refractivity (Wildman–Crippen MR) is 39.5 cm³/mol. The average Bonchev–Trinajstić information content (AvgIpc) is 1.98. The smallest absolute Gasteiger partial charge is 0.0666 e. The molecule has 0 amide bonds. The van der Waals surface area contributed by atoms with E-state index in [0.29, 0.717) is 6.61 Å². The molecule has 0 rings (SSSR count). The van der Waals surface area contributed by atoms with Gasteiger partial charge in [-0.05, 0) is 6.92 Å². The largest absolute Gasteiger partial charge is 0.383 e. The minimum Gasteiger partial charge on any atom is -0.383 e. The highest BCUT2D eigenvalue weighted by Gasteiger charge is 1.95. The van der Waals surface area contributed by atoms with Crippen molar-refractivity contribution >= 4 is 0 Å². The first-order valence-electron chi connectivity index (χ1n) is 3.40. The number of hydrogen-bond acceptors (Lipinski definition) is 3. The van der Waals surface area contributed by atoms with Gasteiger partial charge in [-0.2, -0.15) is 5.26 Å². The standard InChI is InChI=1S/C7H14N2O/c1-7(5-8)6-9-3-4-10-2/h7,9H,3-4,6H2,1-2H3. The molecule has 1 unspecified atom stereocenters. The number of nitriles is 1. The summed E-state index contributed by atoms with van der Waals surface area (Å²) in [6.45, 7) is 4.17. The van der Waals surface area contributed by atoms with Gasteiger partial charge in [0, 0.05) is 20.2 Å². The van der Waals surface area contributed by atoms with Crippen molar-refractivity contribution < 1.29 is 4.74 Å². The molecule has 0 fully saturated rings. The summed E-state index contributed by atoms with van der Waals surface area (Å²) in [4.78, 5) is 0. The fourth-order valence-corrected chi connectivity index (χ4v) is 0.538. The molecule has 0 aliphatic heterocycles. The first kappa shape index (κ1) is 9.41. The Morgan fingerprint density at radius 2 is 2.40 bits per heavy atom. The van der Waals surface area contributed by atoms with E-state index < -0.39 is 0 Å². The van der Waals surface area contributed by atoms with Crippen molar-refractivity contribution in [3.63, 3.8) is 0 Å². The predicted octanol–water partition coefficient (Wildman–Crippen LogP) is 0.382. The van der Waals surface area contributed by atoms with Crippen molar-refractivity contribution in [2.75, 3.05) is 26.8 Å². The Labute approximate surface area is 62.0 Å². The number of rotatable bonds is 5. The van der Waals surface area contributed by atoms with Crippen molar-refractivity contribution in [3.05, 3.63) is 0 Å². The lowest BCUT2D eigenvalue weighted by Crippen LogP contribution is -2.24. The second-order valence-electron chi connectivity index (χ2n) is 2.23. The van der Waals surface area contributed by atoms with Crippen LogP contribution in [-0.4, -0.2) is 26.8 Å². The number of methoxy groups -OCH3 is 1. The van der Waals surface area contributed by atoms with E-state index in [1.54, 1.807) is 7.11 Å². The van der Waals surface area contributed by atoms with Crippen LogP contribution in [0.25, 0.3) is 0 Å². The van der Waals surface area contributed by atoms with Crippen LogP contribution in [0.15, 0.2) is 0 Å². The Bertz CT molecular complexity index is 109. The summed E-state index contributed by atoms with van der Waals surface area (Å²) in [5.41, 5.74) is 0. The molecule has 10 heavy (non-hydrogen) atoms. The highest BCUT2D eigenvalue weighted by atomic mass is 16.5. The Morgan fingerprint density at radius 3 is 2.90 bits per heavy atom. The topological polar surface area (TPSA) is 45.0 Å². The zero-order chi connectivity index (χ0) is 7.82. The van der Waals surface area contributed by atoms with E-state index in [1.165, 1.54) is 0 Å². The molecule has 0 aromatic carbocycles. The molecule has 0 aromatic rings. The Hall–Kier alpha value is -0.590. The molecular weight excluding hydrogens is 128 g/mol. The summed E-state index contributed by atoms with van der Waals surface area (Å²) in [6.07, 6.45) is 0. The quantitative estimate of drug-likeness (QED) is 0.564. The normalized spacial score (nSPS) is 12.5. The van der Waals surface area contributed by atoms with Gasteiger partial charge in [0.15, 0.2) is 0 Å². The summed E-state index contributed by atoms with van der Waals surface area (Å²) in [7, 11) is 1.66. The molecule has 0 spiro atoms. The molecule has 0 bridgehead atoms. The van der Waals surface area contributed by atoms with Gasteiger partial charge in [0.05, 0.1) is 18.6 Å². The lowest BCUT2D eigenvalue weighted by Gasteiger charge is -2.03. The Kier molecular flexibility index (Phi) is 6.14. The summed E-state index contributed by atoms with van der Waals surface area (Å²) in [6, 6.07) is 2.14. The Morgan fingerprint density at radius 1 is 1.70 bits per heavy atom. The van der Waals surface area contributed by atoms with Crippen molar-refractivity contribution in [2.45, 2.75) is 6.92 Å². The van der Waals surface area contributed by atoms with Crippen LogP contribution in [0, 0.1) is 17.2 Å². The molecule has 0 saturated carbocycles. The van der Waals surface area contributed by atoms with E-state index in [2.05, 4.69) is 11.4 Å². The highest BCUT2D eigenvalue weighted by molar-refractivity contribution is 4.79. The van der Waals surface area contributed by atoms with Gasteiger partial charge in [0.1, 0.15) is 0 Å². The van der Waals surface area contributed by atoms with E-state index >= 15 is 0 Å². The number of ether oxygens (including phenoxy) is 1. The van der Waals surface area contributed by atoms with Crippen LogP contribution in [0.5, 0.6) is 0 Å². The van der Waals surface area contributed by atoms with Gasteiger partial charge < -0.3 is 10.1 Å². The van der Waals surface area contributed by atoms with Gasteiger partial charge in [-0.3, -0.25) is 0 Å². The second kappa shape index (κ2) is 6.53. The molecule has 58 valence electrons. The van der Waals surface area contributed by atoms with Gasteiger partial charge in [0.2, 0.25) is 0 Å². The average molecular weight is 142 g/mol. The zero-order valence-corrected chi connectivity index (χ0v) is 6.55. The molecule has 3 nitrogen and oxygen atoms in total. The van der Waals surface area contributed by atoms with E-state index in [-0.39, 0.29) is 5.92 Å². The van der Waals surface area contributed by atoms with Gasteiger partial charge in [-0.1, -0.05) is 0 Å². The van der Waals surface area contributed by atoms with Crippen LogP contribution in [0.1, 0.15) is 6.92 Å². The number of nitrogens with one attached hydrogen (secondary N) is 1. The highest BCUT2D eigenvalue weighted by Crippen LogP contribution is 1.86. The van der Waals surface area contributed by atoms with Gasteiger partial charge in [-0.25, -0.2) is 0 Å². The van der Waals surface area contributed by atoms with Gasteiger partial charge >= 0.3 is 0 Å². The van der Waals surface area contributed by atoms with Crippen molar-refractivity contribution in [2.24, 2.45) is 5.92 Å². The monoisotopic (exact) mass is 142 g/mol. The zero-order valence-electron chi connectivity index (χ0n) is 6.55. The van der Waals surface area contributed by atoms with Crippen molar-refractivity contribution in [1.29, 1.82) is 5.26 Å². The first-order valence-corrected chi connectivity index (χ1v) is 3.40. The summed E-state index contributed by atoms with van der Waals surface area (Å²) in [5.74, 6) is 0.0943. The number of hydrogen-bond donors (Lipinski definition) is 1.